The van der Waals surface area contributed by atoms with Gasteiger partial charge in [-0.1, -0.05) is 25.1 Å². The number of rotatable bonds is 5. The number of aryl methyl sites for hydroxylation is 1. The molecule has 2 aromatic carbocycles. The Hall–Kier alpha value is -3.02. The van der Waals surface area contributed by atoms with E-state index in [0.717, 1.165) is 17.7 Å². The zero-order chi connectivity index (χ0) is 20.3. The molecule has 2 aromatic rings. The van der Waals surface area contributed by atoms with Gasteiger partial charge in [0.1, 0.15) is 17.5 Å². The fourth-order valence-corrected chi connectivity index (χ4v) is 3.56. The smallest absolute Gasteiger partial charge is 0.254 e. The van der Waals surface area contributed by atoms with E-state index in [2.05, 4.69) is 6.92 Å². The minimum absolute atomic E-state index is 0.0737. The number of carbonyl (C=O) groups is 2. The van der Waals surface area contributed by atoms with Crippen LogP contribution in [0.4, 0.5) is 5.69 Å². The third kappa shape index (κ3) is 3.67. The highest BCUT2D eigenvalue weighted by molar-refractivity contribution is 6.04. The van der Waals surface area contributed by atoms with Crippen molar-refractivity contribution in [3.63, 3.8) is 0 Å². The topological polar surface area (TPSA) is 59.1 Å². The molecule has 1 aliphatic rings. The van der Waals surface area contributed by atoms with Crippen LogP contribution in [0.1, 0.15) is 29.8 Å². The molecule has 0 saturated carbocycles. The van der Waals surface area contributed by atoms with Crippen LogP contribution < -0.4 is 14.4 Å². The predicted octanol–water partition coefficient (Wildman–Crippen LogP) is 3.14. The lowest BCUT2D eigenvalue weighted by Gasteiger charge is -2.39. The molecule has 3 rings (SSSR count). The molecule has 0 radical (unpaired) electrons. The van der Waals surface area contributed by atoms with Crippen molar-refractivity contribution >= 4 is 17.5 Å². The van der Waals surface area contributed by atoms with Crippen LogP contribution in [0.2, 0.25) is 0 Å². The number of hydrogen-bond acceptors (Lipinski definition) is 4. The molecule has 0 spiro atoms. The first-order valence-electron chi connectivity index (χ1n) is 9.43. The lowest BCUT2D eigenvalue weighted by atomic mass is 10.1. The van der Waals surface area contributed by atoms with Gasteiger partial charge in [0, 0.05) is 30.4 Å². The summed E-state index contributed by atoms with van der Waals surface area (Å²) < 4.78 is 10.5. The summed E-state index contributed by atoms with van der Waals surface area (Å²) in [6.45, 7) is 4.78. The fraction of sp³-hybridized carbons (Fsp3) is 0.364. The fourth-order valence-electron chi connectivity index (χ4n) is 3.56. The van der Waals surface area contributed by atoms with Gasteiger partial charge in [-0.05, 0) is 37.1 Å². The number of para-hydroxylation sites is 1. The van der Waals surface area contributed by atoms with Crippen molar-refractivity contribution in [2.75, 3.05) is 32.2 Å². The summed E-state index contributed by atoms with van der Waals surface area (Å²) in [5.41, 5.74) is 2.50. The summed E-state index contributed by atoms with van der Waals surface area (Å²) in [7, 11) is 3.08. The van der Waals surface area contributed by atoms with Crippen molar-refractivity contribution < 1.29 is 19.1 Å². The normalized spacial score (nSPS) is 16.9. The van der Waals surface area contributed by atoms with E-state index in [9.17, 15) is 9.59 Å². The summed E-state index contributed by atoms with van der Waals surface area (Å²) in [5, 5.41) is 0. The maximum atomic E-state index is 13.1. The van der Waals surface area contributed by atoms with Gasteiger partial charge in [-0.3, -0.25) is 9.59 Å². The van der Waals surface area contributed by atoms with Crippen molar-refractivity contribution in [3.05, 3.63) is 53.6 Å². The molecule has 0 N–H and O–H groups in total. The number of ether oxygens (including phenoxy) is 2. The van der Waals surface area contributed by atoms with Gasteiger partial charge in [-0.2, -0.15) is 0 Å². The zero-order valence-corrected chi connectivity index (χ0v) is 16.8. The molecule has 0 aromatic heterocycles. The van der Waals surface area contributed by atoms with E-state index in [1.165, 1.54) is 0 Å². The van der Waals surface area contributed by atoms with Crippen molar-refractivity contribution in [1.29, 1.82) is 0 Å². The first-order chi connectivity index (χ1) is 13.5. The van der Waals surface area contributed by atoms with Crippen molar-refractivity contribution in [2.24, 2.45) is 0 Å². The average Bonchev–Trinajstić information content (AvgIpc) is 2.74. The zero-order valence-electron chi connectivity index (χ0n) is 16.8. The summed E-state index contributed by atoms with van der Waals surface area (Å²) in [6, 6.07) is 12.4. The molecule has 1 fully saturated rings. The van der Waals surface area contributed by atoms with E-state index >= 15 is 0 Å². The summed E-state index contributed by atoms with van der Waals surface area (Å²) in [6.07, 6.45) is 0.848. The van der Waals surface area contributed by atoms with E-state index in [4.69, 9.17) is 9.47 Å². The largest absolute Gasteiger partial charge is 0.497 e. The van der Waals surface area contributed by atoms with E-state index in [-0.39, 0.29) is 11.8 Å². The first kappa shape index (κ1) is 19.7. The first-order valence-corrected chi connectivity index (χ1v) is 9.43. The third-order valence-corrected chi connectivity index (χ3v) is 5.18. The molecular formula is C22H26N2O4. The highest BCUT2D eigenvalue weighted by Gasteiger charge is 2.36. The van der Waals surface area contributed by atoms with Gasteiger partial charge in [0.25, 0.3) is 5.91 Å². The molecule has 28 heavy (non-hydrogen) atoms. The molecule has 1 unspecified atom stereocenters. The second-order valence-corrected chi connectivity index (χ2v) is 6.75. The number of carbonyl (C=O) groups excluding carboxylic acids is 2. The number of hydrogen-bond donors (Lipinski definition) is 0. The molecule has 1 aliphatic heterocycles. The third-order valence-electron chi connectivity index (χ3n) is 5.18. The van der Waals surface area contributed by atoms with Gasteiger partial charge >= 0.3 is 0 Å². The average molecular weight is 382 g/mol. The second-order valence-electron chi connectivity index (χ2n) is 6.75. The highest BCUT2D eigenvalue weighted by atomic mass is 16.5. The molecule has 1 saturated heterocycles. The lowest BCUT2D eigenvalue weighted by molar-refractivity contribution is -0.124. The van der Waals surface area contributed by atoms with Crippen molar-refractivity contribution in [3.8, 4) is 11.5 Å². The maximum absolute atomic E-state index is 13.1. The Balaban J connectivity index is 1.85. The minimum Gasteiger partial charge on any atom is -0.497 e. The van der Waals surface area contributed by atoms with Crippen LogP contribution in [0.15, 0.2) is 42.5 Å². The Morgan fingerprint density at radius 3 is 2.32 bits per heavy atom. The summed E-state index contributed by atoms with van der Waals surface area (Å²) in [5.74, 6) is 0.797. The molecule has 148 valence electrons. The van der Waals surface area contributed by atoms with Crippen LogP contribution in [0.25, 0.3) is 0 Å². The molecule has 1 heterocycles. The number of piperazine rings is 1. The SMILES string of the molecule is CCc1ccccc1N1CCN(C(=O)c2cc(OC)cc(OC)c2)C(C)C1=O. The van der Waals surface area contributed by atoms with Crippen LogP contribution in [-0.2, 0) is 11.2 Å². The Morgan fingerprint density at radius 1 is 1.07 bits per heavy atom. The molecule has 6 nitrogen and oxygen atoms in total. The van der Waals surface area contributed by atoms with Gasteiger partial charge in [0.2, 0.25) is 5.91 Å². The highest BCUT2D eigenvalue weighted by Crippen LogP contribution is 2.28. The lowest BCUT2D eigenvalue weighted by Crippen LogP contribution is -2.58. The Kier molecular flexibility index (Phi) is 5.87. The van der Waals surface area contributed by atoms with Crippen molar-refractivity contribution in [2.45, 2.75) is 26.3 Å². The summed E-state index contributed by atoms with van der Waals surface area (Å²) in [4.78, 5) is 29.6. The molecule has 0 bridgehead atoms. The minimum atomic E-state index is -0.552. The molecule has 1 atom stereocenters. The second kappa shape index (κ2) is 8.33. The van der Waals surface area contributed by atoms with E-state index in [1.54, 1.807) is 49.1 Å². The summed E-state index contributed by atoms with van der Waals surface area (Å²) >= 11 is 0. The number of benzene rings is 2. The number of anilines is 1. The van der Waals surface area contributed by atoms with E-state index < -0.39 is 6.04 Å². The van der Waals surface area contributed by atoms with E-state index in [1.807, 2.05) is 24.3 Å². The number of amides is 2. The maximum Gasteiger partial charge on any atom is 0.254 e. The standard InChI is InChI=1S/C22H26N2O4/c1-5-16-8-6-7-9-20(16)24-11-10-23(15(2)21(24)25)22(26)17-12-18(27-3)14-19(13-17)28-4/h6-9,12-15H,5,10-11H2,1-4H3. The Morgan fingerprint density at radius 2 is 1.71 bits per heavy atom. The van der Waals surface area contributed by atoms with Gasteiger partial charge in [0.05, 0.1) is 14.2 Å². The van der Waals surface area contributed by atoms with Gasteiger partial charge in [-0.25, -0.2) is 0 Å². The van der Waals surface area contributed by atoms with Crippen LogP contribution in [0.5, 0.6) is 11.5 Å². The Bertz CT molecular complexity index is 858. The molecule has 6 heteroatoms. The van der Waals surface area contributed by atoms with Gasteiger partial charge < -0.3 is 19.3 Å². The monoisotopic (exact) mass is 382 g/mol. The van der Waals surface area contributed by atoms with Crippen LogP contribution in [0, 0.1) is 0 Å². The quantitative estimate of drug-likeness (QED) is 0.797. The Labute approximate surface area is 165 Å². The number of methoxy groups -OCH3 is 2. The van der Waals surface area contributed by atoms with Crippen LogP contribution >= 0.6 is 0 Å². The van der Waals surface area contributed by atoms with E-state index in [0.29, 0.717) is 30.2 Å². The predicted molar refractivity (Wildman–Crippen MR) is 108 cm³/mol. The molecular weight excluding hydrogens is 356 g/mol. The van der Waals surface area contributed by atoms with Crippen LogP contribution in [-0.4, -0.2) is 50.1 Å². The number of nitrogens with zero attached hydrogens (tertiary/aromatic N) is 2. The van der Waals surface area contributed by atoms with Crippen LogP contribution in [0.3, 0.4) is 0 Å². The molecule has 0 aliphatic carbocycles. The van der Waals surface area contributed by atoms with Gasteiger partial charge in [0.15, 0.2) is 0 Å². The molecule has 2 amide bonds. The van der Waals surface area contributed by atoms with Gasteiger partial charge in [-0.15, -0.1) is 0 Å². The van der Waals surface area contributed by atoms with Crippen molar-refractivity contribution in [1.82, 2.24) is 4.90 Å².